The van der Waals surface area contributed by atoms with Crippen molar-refractivity contribution in [3.63, 3.8) is 0 Å². The molecular formula is C21H21FN6O2. The van der Waals surface area contributed by atoms with Crippen LogP contribution in [0.15, 0.2) is 54.7 Å². The van der Waals surface area contributed by atoms with Gasteiger partial charge in [-0.2, -0.15) is 0 Å². The Labute approximate surface area is 172 Å². The van der Waals surface area contributed by atoms with Crippen molar-refractivity contribution in [1.29, 1.82) is 0 Å². The minimum atomic E-state index is -0.348. The molecule has 0 saturated carbocycles. The van der Waals surface area contributed by atoms with Crippen molar-refractivity contribution in [3.8, 4) is 5.69 Å². The van der Waals surface area contributed by atoms with Crippen LogP contribution in [0.4, 0.5) is 14.9 Å². The van der Waals surface area contributed by atoms with E-state index < -0.39 is 0 Å². The quantitative estimate of drug-likeness (QED) is 0.722. The Morgan fingerprint density at radius 1 is 1.00 bits per heavy atom. The highest BCUT2D eigenvalue weighted by Gasteiger charge is 2.26. The first kappa shape index (κ1) is 19.6. The van der Waals surface area contributed by atoms with Crippen molar-refractivity contribution in [2.75, 3.05) is 31.5 Å². The van der Waals surface area contributed by atoms with Crippen LogP contribution in [0.1, 0.15) is 16.1 Å². The Hall–Kier alpha value is -3.75. The fourth-order valence-electron chi connectivity index (χ4n) is 3.28. The van der Waals surface area contributed by atoms with Gasteiger partial charge in [-0.3, -0.25) is 4.79 Å². The fraction of sp³-hybridized carbons (Fsp3) is 0.238. The number of piperazine rings is 1. The lowest BCUT2D eigenvalue weighted by atomic mass is 10.2. The number of rotatable bonds is 3. The van der Waals surface area contributed by atoms with E-state index in [1.807, 2.05) is 31.2 Å². The third-order valence-electron chi connectivity index (χ3n) is 4.93. The van der Waals surface area contributed by atoms with Crippen LogP contribution in [-0.4, -0.2) is 62.9 Å². The molecule has 0 bridgehead atoms. The number of benzene rings is 2. The molecule has 4 rings (SSSR count). The van der Waals surface area contributed by atoms with Crippen LogP contribution in [0.2, 0.25) is 0 Å². The summed E-state index contributed by atoms with van der Waals surface area (Å²) in [6.07, 6.45) is 1.52. The van der Waals surface area contributed by atoms with E-state index >= 15 is 0 Å². The molecule has 2 aromatic carbocycles. The first-order valence-corrected chi connectivity index (χ1v) is 9.60. The number of urea groups is 1. The van der Waals surface area contributed by atoms with Gasteiger partial charge in [-0.05, 0) is 48.9 Å². The maximum absolute atomic E-state index is 13.1. The third-order valence-corrected chi connectivity index (χ3v) is 4.93. The number of nitrogens with zero attached hydrogens (tertiary/aromatic N) is 5. The molecule has 8 nitrogen and oxygen atoms in total. The second-order valence-electron chi connectivity index (χ2n) is 7.10. The van der Waals surface area contributed by atoms with Crippen LogP contribution >= 0.6 is 0 Å². The summed E-state index contributed by atoms with van der Waals surface area (Å²) >= 11 is 0. The molecular weight excluding hydrogens is 387 g/mol. The van der Waals surface area contributed by atoms with Crippen LogP contribution in [0.25, 0.3) is 5.69 Å². The van der Waals surface area contributed by atoms with Crippen molar-refractivity contribution in [2.45, 2.75) is 6.92 Å². The monoisotopic (exact) mass is 408 g/mol. The largest absolute Gasteiger partial charge is 0.334 e. The van der Waals surface area contributed by atoms with Crippen LogP contribution in [0.5, 0.6) is 0 Å². The predicted octanol–water partition coefficient (Wildman–Crippen LogP) is 2.70. The molecule has 0 unspecified atom stereocenters. The van der Waals surface area contributed by atoms with Gasteiger partial charge < -0.3 is 15.1 Å². The summed E-state index contributed by atoms with van der Waals surface area (Å²) in [6, 6.07) is 13.2. The number of carbonyl (C=O) groups is 2. The summed E-state index contributed by atoms with van der Waals surface area (Å²) in [5, 5.41) is 10.8. The lowest BCUT2D eigenvalue weighted by molar-refractivity contribution is 0.0666. The average molecular weight is 408 g/mol. The van der Waals surface area contributed by atoms with E-state index in [9.17, 15) is 14.0 Å². The molecule has 2 heterocycles. The zero-order valence-electron chi connectivity index (χ0n) is 16.5. The molecule has 1 aliphatic heterocycles. The fourth-order valence-corrected chi connectivity index (χ4v) is 3.28. The number of hydrogen-bond donors (Lipinski definition) is 1. The molecule has 9 heteroatoms. The predicted molar refractivity (Wildman–Crippen MR) is 109 cm³/mol. The number of anilines is 1. The van der Waals surface area contributed by atoms with Gasteiger partial charge in [0.15, 0.2) is 5.69 Å². The van der Waals surface area contributed by atoms with Gasteiger partial charge in [0.2, 0.25) is 0 Å². The Morgan fingerprint density at radius 2 is 1.70 bits per heavy atom. The molecule has 1 saturated heterocycles. The first-order chi connectivity index (χ1) is 14.5. The molecule has 30 heavy (non-hydrogen) atoms. The van der Waals surface area contributed by atoms with Crippen molar-refractivity contribution in [3.05, 3.63) is 71.8 Å². The Balaban J connectivity index is 1.34. The summed E-state index contributed by atoms with van der Waals surface area (Å²) in [5.41, 5.74) is 2.63. The standard InChI is InChI=1S/C21H21FN6O2/c1-15-3-2-4-17(13-15)23-21(30)27-11-9-26(10-12-27)20(29)19-14-28(25-24-19)18-7-5-16(22)6-8-18/h2-8,13-14H,9-12H2,1H3,(H,23,30). The third kappa shape index (κ3) is 4.29. The van der Waals surface area contributed by atoms with Gasteiger partial charge in [0.05, 0.1) is 11.9 Å². The van der Waals surface area contributed by atoms with E-state index in [2.05, 4.69) is 15.6 Å². The van der Waals surface area contributed by atoms with Crippen LogP contribution < -0.4 is 5.32 Å². The lowest BCUT2D eigenvalue weighted by Gasteiger charge is -2.34. The lowest BCUT2D eigenvalue weighted by Crippen LogP contribution is -2.51. The van der Waals surface area contributed by atoms with Gasteiger partial charge in [-0.1, -0.05) is 17.3 Å². The molecule has 154 valence electrons. The van der Waals surface area contributed by atoms with Crippen LogP contribution in [0, 0.1) is 12.7 Å². The maximum atomic E-state index is 13.1. The summed E-state index contributed by atoms with van der Waals surface area (Å²) < 4.78 is 14.5. The van der Waals surface area contributed by atoms with Crippen molar-refractivity contribution in [2.24, 2.45) is 0 Å². The Bertz CT molecular complexity index is 1060. The highest BCUT2D eigenvalue weighted by Crippen LogP contribution is 2.13. The summed E-state index contributed by atoms with van der Waals surface area (Å²) in [5.74, 6) is -0.596. The molecule has 0 aliphatic carbocycles. The van der Waals surface area contributed by atoms with E-state index in [0.29, 0.717) is 31.9 Å². The SMILES string of the molecule is Cc1cccc(NC(=O)N2CCN(C(=O)c3cn(-c4ccc(F)cc4)nn3)CC2)c1. The second-order valence-corrected chi connectivity index (χ2v) is 7.10. The Morgan fingerprint density at radius 3 is 2.40 bits per heavy atom. The van der Waals surface area contributed by atoms with Crippen molar-refractivity contribution in [1.82, 2.24) is 24.8 Å². The normalized spacial score (nSPS) is 13.9. The summed E-state index contributed by atoms with van der Waals surface area (Å²) in [6.45, 7) is 3.63. The number of amides is 3. The first-order valence-electron chi connectivity index (χ1n) is 9.60. The van der Waals surface area contributed by atoms with Crippen LogP contribution in [0.3, 0.4) is 0 Å². The van der Waals surface area contributed by atoms with E-state index in [0.717, 1.165) is 11.3 Å². The zero-order chi connectivity index (χ0) is 21.1. The number of halogens is 1. The minimum Gasteiger partial charge on any atom is -0.334 e. The number of hydrogen-bond acceptors (Lipinski definition) is 4. The van der Waals surface area contributed by atoms with Gasteiger partial charge in [-0.25, -0.2) is 13.9 Å². The van der Waals surface area contributed by atoms with Gasteiger partial charge >= 0.3 is 6.03 Å². The smallest absolute Gasteiger partial charge is 0.321 e. The van der Waals surface area contributed by atoms with E-state index in [1.165, 1.54) is 23.0 Å². The molecule has 1 aliphatic rings. The van der Waals surface area contributed by atoms with Crippen molar-refractivity contribution >= 4 is 17.6 Å². The molecule has 3 aromatic rings. The van der Waals surface area contributed by atoms with Gasteiger partial charge in [0, 0.05) is 31.9 Å². The second kappa shape index (κ2) is 8.32. The summed E-state index contributed by atoms with van der Waals surface area (Å²) in [7, 11) is 0. The molecule has 1 aromatic heterocycles. The summed E-state index contributed by atoms with van der Waals surface area (Å²) in [4.78, 5) is 28.5. The van der Waals surface area contributed by atoms with Crippen molar-refractivity contribution < 1.29 is 14.0 Å². The Kier molecular flexibility index (Phi) is 5.42. The van der Waals surface area contributed by atoms with Gasteiger partial charge in [-0.15, -0.1) is 5.10 Å². The number of aryl methyl sites for hydroxylation is 1. The number of nitrogens with one attached hydrogen (secondary N) is 1. The van der Waals surface area contributed by atoms with Gasteiger partial charge in [0.25, 0.3) is 5.91 Å². The minimum absolute atomic E-state index is 0.185. The molecule has 1 N–H and O–H groups in total. The topological polar surface area (TPSA) is 83.4 Å². The molecule has 0 atom stereocenters. The zero-order valence-corrected chi connectivity index (χ0v) is 16.5. The highest BCUT2D eigenvalue weighted by molar-refractivity contribution is 5.93. The molecule has 0 spiro atoms. The maximum Gasteiger partial charge on any atom is 0.321 e. The molecule has 1 fully saturated rings. The van der Waals surface area contributed by atoms with E-state index in [1.54, 1.807) is 21.9 Å². The van der Waals surface area contributed by atoms with E-state index in [4.69, 9.17) is 0 Å². The number of carbonyl (C=O) groups excluding carboxylic acids is 2. The molecule has 3 amide bonds. The highest BCUT2D eigenvalue weighted by atomic mass is 19.1. The van der Waals surface area contributed by atoms with E-state index in [-0.39, 0.29) is 23.4 Å². The average Bonchev–Trinajstić information content (AvgIpc) is 3.24. The van der Waals surface area contributed by atoms with Crippen LogP contribution in [-0.2, 0) is 0 Å². The number of aromatic nitrogens is 3. The van der Waals surface area contributed by atoms with Gasteiger partial charge in [0.1, 0.15) is 5.82 Å². The molecule has 0 radical (unpaired) electrons.